The van der Waals surface area contributed by atoms with Gasteiger partial charge in [0.15, 0.2) is 0 Å². The van der Waals surface area contributed by atoms with Crippen LogP contribution in [0, 0.1) is 5.41 Å². The predicted octanol–water partition coefficient (Wildman–Crippen LogP) is 3.35. The molecule has 0 saturated heterocycles. The van der Waals surface area contributed by atoms with Crippen molar-refractivity contribution >= 4 is 15.9 Å². The standard InChI is InChI=1S/C14H20BrNO/c1-14(2)12(8-13(14)17-3)16-9-10-4-6-11(15)7-5-10/h4-7,12-13,16H,8-9H2,1-3H3. The summed E-state index contributed by atoms with van der Waals surface area (Å²) in [5.41, 5.74) is 1.56. The number of ether oxygens (including phenoxy) is 1. The first-order valence-electron chi connectivity index (χ1n) is 6.04. The van der Waals surface area contributed by atoms with Gasteiger partial charge in [-0.15, -0.1) is 0 Å². The first kappa shape index (κ1) is 13.1. The van der Waals surface area contributed by atoms with Gasteiger partial charge in [0, 0.05) is 29.6 Å². The van der Waals surface area contributed by atoms with E-state index in [1.165, 1.54) is 5.56 Å². The third kappa shape index (κ3) is 2.72. The summed E-state index contributed by atoms with van der Waals surface area (Å²) in [6.07, 6.45) is 1.50. The van der Waals surface area contributed by atoms with Crippen LogP contribution in [-0.4, -0.2) is 19.3 Å². The minimum atomic E-state index is 0.240. The molecule has 0 aromatic heterocycles. The summed E-state index contributed by atoms with van der Waals surface area (Å²) in [7, 11) is 1.80. The third-order valence-electron chi connectivity index (χ3n) is 3.93. The Balaban J connectivity index is 1.86. The molecule has 17 heavy (non-hydrogen) atoms. The van der Waals surface area contributed by atoms with Crippen LogP contribution in [0.2, 0.25) is 0 Å². The van der Waals surface area contributed by atoms with Crippen molar-refractivity contribution in [3.8, 4) is 0 Å². The van der Waals surface area contributed by atoms with Crippen molar-refractivity contribution in [2.45, 2.75) is 39.0 Å². The Hall–Kier alpha value is -0.380. The Morgan fingerprint density at radius 1 is 1.35 bits per heavy atom. The first-order valence-corrected chi connectivity index (χ1v) is 6.84. The van der Waals surface area contributed by atoms with Crippen LogP contribution in [0.15, 0.2) is 28.7 Å². The minimum absolute atomic E-state index is 0.240. The highest BCUT2D eigenvalue weighted by molar-refractivity contribution is 9.10. The van der Waals surface area contributed by atoms with E-state index >= 15 is 0 Å². The van der Waals surface area contributed by atoms with Gasteiger partial charge in [-0.05, 0) is 24.1 Å². The zero-order valence-corrected chi connectivity index (χ0v) is 12.3. The fourth-order valence-electron chi connectivity index (χ4n) is 2.48. The van der Waals surface area contributed by atoms with Crippen LogP contribution in [-0.2, 0) is 11.3 Å². The zero-order chi connectivity index (χ0) is 12.5. The van der Waals surface area contributed by atoms with E-state index in [4.69, 9.17) is 4.74 Å². The largest absolute Gasteiger partial charge is 0.381 e. The molecule has 0 spiro atoms. The predicted molar refractivity (Wildman–Crippen MR) is 74.0 cm³/mol. The van der Waals surface area contributed by atoms with E-state index in [9.17, 15) is 0 Å². The van der Waals surface area contributed by atoms with Crippen LogP contribution in [0.4, 0.5) is 0 Å². The van der Waals surface area contributed by atoms with Gasteiger partial charge in [0.1, 0.15) is 0 Å². The molecule has 0 amide bonds. The minimum Gasteiger partial charge on any atom is -0.381 e. The molecular weight excluding hydrogens is 278 g/mol. The zero-order valence-electron chi connectivity index (χ0n) is 10.7. The van der Waals surface area contributed by atoms with Crippen molar-refractivity contribution in [2.75, 3.05) is 7.11 Å². The van der Waals surface area contributed by atoms with Crippen LogP contribution in [0.1, 0.15) is 25.8 Å². The molecule has 1 aliphatic rings. The molecule has 0 bridgehead atoms. The molecule has 0 aliphatic heterocycles. The maximum atomic E-state index is 5.45. The first-order chi connectivity index (χ1) is 8.04. The smallest absolute Gasteiger partial charge is 0.0652 e. The molecule has 2 nitrogen and oxygen atoms in total. The Morgan fingerprint density at radius 3 is 2.53 bits per heavy atom. The van der Waals surface area contributed by atoms with E-state index in [1.54, 1.807) is 7.11 Å². The lowest BCUT2D eigenvalue weighted by molar-refractivity contribution is -0.0979. The Morgan fingerprint density at radius 2 is 2.00 bits per heavy atom. The average molecular weight is 298 g/mol. The highest BCUT2D eigenvalue weighted by Crippen LogP contribution is 2.42. The van der Waals surface area contributed by atoms with Crippen molar-refractivity contribution in [1.29, 1.82) is 0 Å². The molecule has 1 N–H and O–H groups in total. The van der Waals surface area contributed by atoms with E-state index in [0.717, 1.165) is 17.4 Å². The second kappa shape index (κ2) is 5.09. The van der Waals surface area contributed by atoms with Crippen molar-refractivity contribution in [1.82, 2.24) is 5.32 Å². The summed E-state index contributed by atoms with van der Waals surface area (Å²) in [5, 5.41) is 3.61. The van der Waals surface area contributed by atoms with Gasteiger partial charge in [0.25, 0.3) is 0 Å². The van der Waals surface area contributed by atoms with E-state index in [1.807, 2.05) is 0 Å². The number of rotatable bonds is 4. The van der Waals surface area contributed by atoms with Gasteiger partial charge in [-0.1, -0.05) is 41.9 Å². The monoisotopic (exact) mass is 297 g/mol. The molecule has 1 fully saturated rings. The van der Waals surface area contributed by atoms with Gasteiger partial charge in [-0.3, -0.25) is 0 Å². The number of benzene rings is 1. The van der Waals surface area contributed by atoms with E-state index in [-0.39, 0.29) is 5.41 Å². The van der Waals surface area contributed by atoms with Crippen LogP contribution in [0.5, 0.6) is 0 Å². The van der Waals surface area contributed by atoms with Crippen molar-refractivity contribution in [2.24, 2.45) is 5.41 Å². The lowest BCUT2D eigenvalue weighted by Crippen LogP contribution is -2.60. The van der Waals surface area contributed by atoms with Crippen LogP contribution in [0.3, 0.4) is 0 Å². The van der Waals surface area contributed by atoms with E-state index < -0.39 is 0 Å². The molecule has 1 aromatic rings. The fourth-order valence-corrected chi connectivity index (χ4v) is 2.74. The van der Waals surface area contributed by atoms with Gasteiger partial charge >= 0.3 is 0 Å². The Kier molecular flexibility index (Phi) is 3.91. The third-order valence-corrected chi connectivity index (χ3v) is 4.46. The molecule has 1 aliphatic carbocycles. The highest BCUT2D eigenvalue weighted by Gasteiger charge is 2.48. The molecule has 0 radical (unpaired) electrons. The normalized spacial score (nSPS) is 26.6. The molecular formula is C14H20BrNO. The lowest BCUT2D eigenvalue weighted by atomic mass is 9.64. The lowest BCUT2D eigenvalue weighted by Gasteiger charge is -2.51. The van der Waals surface area contributed by atoms with Crippen molar-refractivity contribution < 1.29 is 4.74 Å². The van der Waals surface area contributed by atoms with E-state index in [2.05, 4.69) is 59.4 Å². The van der Waals surface area contributed by atoms with Crippen LogP contribution < -0.4 is 5.32 Å². The summed E-state index contributed by atoms with van der Waals surface area (Å²) in [5.74, 6) is 0. The Labute approximate surface area is 112 Å². The molecule has 0 heterocycles. The SMILES string of the molecule is COC1CC(NCc2ccc(Br)cc2)C1(C)C. The highest BCUT2D eigenvalue weighted by atomic mass is 79.9. The number of nitrogens with one attached hydrogen (secondary N) is 1. The summed E-state index contributed by atoms with van der Waals surface area (Å²) < 4.78 is 6.58. The molecule has 1 aromatic carbocycles. The van der Waals surface area contributed by atoms with Crippen LogP contribution >= 0.6 is 15.9 Å². The summed E-state index contributed by atoms with van der Waals surface area (Å²) >= 11 is 3.45. The Bertz CT molecular complexity index is 374. The summed E-state index contributed by atoms with van der Waals surface area (Å²) in [6.45, 7) is 5.46. The van der Waals surface area contributed by atoms with Gasteiger partial charge < -0.3 is 10.1 Å². The number of hydrogen-bond donors (Lipinski definition) is 1. The molecule has 94 valence electrons. The number of halogens is 1. The molecule has 2 unspecified atom stereocenters. The second-order valence-electron chi connectivity index (χ2n) is 5.34. The molecule has 3 heteroatoms. The summed E-state index contributed by atoms with van der Waals surface area (Å²) in [6, 6.07) is 9.02. The average Bonchev–Trinajstić information content (AvgIpc) is 2.30. The molecule has 2 atom stereocenters. The number of hydrogen-bond acceptors (Lipinski definition) is 2. The maximum absolute atomic E-state index is 5.45. The quantitative estimate of drug-likeness (QED) is 0.920. The van der Waals surface area contributed by atoms with Gasteiger partial charge in [-0.2, -0.15) is 0 Å². The van der Waals surface area contributed by atoms with E-state index in [0.29, 0.717) is 12.1 Å². The van der Waals surface area contributed by atoms with Crippen LogP contribution in [0.25, 0.3) is 0 Å². The molecule has 1 saturated carbocycles. The molecule has 2 rings (SSSR count). The second-order valence-corrected chi connectivity index (χ2v) is 6.26. The van der Waals surface area contributed by atoms with Crippen molar-refractivity contribution in [3.63, 3.8) is 0 Å². The van der Waals surface area contributed by atoms with Gasteiger partial charge in [0.05, 0.1) is 6.10 Å². The number of methoxy groups -OCH3 is 1. The maximum Gasteiger partial charge on any atom is 0.0652 e. The van der Waals surface area contributed by atoms with Crippen molar-refractivity contribution in [3.05, 3.63) is 34.3 Å². The van der Waals surface area contributed by atoms with Gasteiger partial charge in [-0.25, -0.2) is 0 Å². The fraction of sp³-hybridized carbons (Fsp3) is 0.571. The van der Waals surface area contributed by atoms with Gasteiger partial charge in [0.2, 0.25) is 0 Å². The summed E-state index contributed by atoms with van der Waals surface area (Å²) in [4.78, 5) is 0. The topological polar surface area (TPSA) is 21.3 Å².